The molecule has 0 bridgehead atoms. The minimum atomic E-state index is 0.818. The number of likely N-dealkylation sites (tertiary alicyclic amines) is 1. The molecule has 2 heterocycles. The average molecular weight is 140 g/mol. The standard InChI is InChI=1S/C8H16N2/c1-10-5-3-7-2-4-9-8(7)6-10/h7-9H,2-6H2,1H3/t7-,8+/m1/s1. The van der Waals surface area contributed by atoms with Crippen molar-refractivity contribution in [3.05, 3.63) is 0 Å². The topological polar surface area (TPSA) is 15.3 Å². The van der Waals surface area contributed by atoms with Gasteiger partial charge in [0.25, 0.3) is 0 Å². The van der Waals surface area contributed by atoms with Gasteiger partial charge in [-0.15, -0.1) is 0 Å². The second kappa shape index (κ2) is 2.51. The lowest BCUT2D eigenvalue weighted by molar-refractivity contribution is 0.198. The summed E-state index contributed by atoms with van der Waals surface area (Å²) in [5.74, 6) is 0.996. The molecule has 58 valence electrons. The van der Waals surface area contributed by atoms with E-state index >= 15 is 0 Å². The van der Waals surface area contributed by atoms with Crippen LogP contribution in [0, 0.1) is 5.92 Å². The molecule has 2 rings (SSSR count). The summed E-state index contributed by atoms with van der Waals surface area (Å²) in [4.78, 5) is 2.43. The van der Waals surface area contributed by atoms with Gasteiger partial charge in [-0.1, -0.05) is 0 Å². The lowest BCUT2D eigenvalue weighted by Crippen LogP contribution is -2.44. The van der Waals surface area contributed by atoms with Crippen molar-refractivity contribution in [1.82, 2.24) is 10.2 Å². The normalized spacial score (nSPS) is 41.7. The maximum atomic E-state index is 3.55. The van der Waals surface area contributed by atoms with E-state index in [1.54, 1.807) is 0 Å². The molecule has 2 nitrogen and oxygen atoms in total. The molecule has 0 radical (unpaired) electrons. The Hall–Kier alpha value is -0.0800. The third-order valence-corrected chi connectivity index (χ3v) is 2.88. The molecule has 1 N–H and O–H groups in total. The number of nitrogens with zero attached hydrogens (tertiary/aromatic N) is 1. The first-order chi connectivity index (χ1) is 4.86. The van der Waals surface area contributed by atoms with Gasteiger partial charge in [-0.2, -0.15) is 0 Å². The molecule has 0 unspecified atom stereocenters. The van der Waals surface area contributed by atoms with E-state index in [0.717, 1.165) is 12.0 Å². The van der Waals surface area contributed by atoms with E-state index < -0.39 is 0 Å². The van der Waals surface area contributed by atoms with E-state index in [1.165, 1.54) is 32.5 Å². The van der Waals surface area contributed by atoms with Gasteiger partial charge in [0.15, 0.2) is 0 Å². The van der Waals surface area contributed by atoms with Crippen LogP contribution >= 0.6 is 0 Å². The fourth-order valence-corrected chi connectivity index (χ4v) is 2.19. The van der Waals surface area contributed by atoms with Gasteiger partial charge in [0, 0.05) is 12.6 Å². The zero-order valence-corrected chi connectivity index (χ0v) is 6.64. The Balaban J connectivity index is 1.96. The Bertz CT molecular complexity index is 124. The van der Waals surface area contributed by atoms with Gasteiger partial charge in [-0.05, 0) is 38.9 Å². The van der Waals surface area contributed by atoms with Crippen LogP contribution in [0.2, 0.25) is 0 Å². The molecule has 0 aromatic rings. The molecule has 0 spiro atoms. The number of piperidine rings is 1. The number of hydrogen-bond donors (Lipinski definition) is 1. The molecule has 2 fully saturated rings. The Morgan fingerprint density at radius 1 is 1.40 bits per heavy atom. The average Bonchev–Trinajstić information content (AvgIpc) is 2.33. The predicted octanol–water partition coefficient (Wildman–Crippen LogP) is 0.300. The smallest absolute Gasteiger partial charge is 0.0224 e. The molecule has 2 aliphatic heterocycles. The Labute approximate surface area is 62.6 Å². The highest BCUT2D eigenvalue weighted by Gasteiger charge is 2.30. The lowest BCUT2D eigenvalue weighted by atomic mass is 9.93. The second-order valence-corrected chi connectivity index (χ2v) is 3.66. The van der Waals surface area contributed by atoms with Crippen molar-refractivity contribution in [3.63, 3.8) is 0 Å². The third kappa shape index (κ3) is 1.06. The van der Waals surface area contributed by atoms with Crippen molar-refractivity contribution in [2.75, 3.05) is 26.7 Å². The SMILES string of the molecule is CN1CC[C@H]2CCN[C@H]2C1. The van der Waals surface area contributed by atoms with Crippen LogP contribution in [0.5, 0.6) is 0 Å². The van der Waals surface area contributed by atoms with E-state index in [4.69, 9.17) is 0 Å². The van der Waals surface area contributed by atoms with Crippen LogP contribution in [-0.4, -0.2) is 37.6 Å². The molecule has 10 heavy (non-hydrogen) atoms. The zero-order valence-electron chi connectivity index (χ0n) is 6.64. The summed E-state index contributed by atoms with van der Waals surface area (Å²) in [7, 11) is 2.22. The zero-order chi connectivity index (χ0) is 6.97. The maximum absolute atomic E-state index is 3.55. The van der Waals surface area contributed by atoms with Crippen LogP contribution in [0.25, 0.3) is 0 Å². The molecule has 0 saturated carbocycles. The minimum Gasteiger partial charge on any atom is -0.312 e. The van der Waals surface area contributed by atoms with E-state index in [2.05, 4.69) is 17.3 Å². The van der Waals surface area contributed by atoms with Gasteiger partial charge in [-0.25, -0.2) is 0 Å². The molecular formula is C8H16N2. The molecule has 2 saturated heterocycles. The monoisotopic (exact) mass is 140 g/mol. The number of rotatable bonds is 0. The largest absolute Gasteiger partial charge is 0.312 e. The summed E-state index contributed by atoms with van der Waals surface area (Å²) in [6.07, 6.45) is 2.83. The fourth-order valence-electron chi connectivity index (χ4n) is 2.19. The molecule has 0 aliphatic carbocycles. The highest BCUT2D eigenvalue weighted by molar-refractivity contribution is 4.89. The summed E-state index contributed by atoms with van der Waals surface area (Å²) in [6, 6.07) is 0.818. The van der Waals surface area contributed by atoms with E-state index in [-0.39, 0.29) is 0 Å². The van der Waals surface area contributed by atoms with Crippen LogP contribution in [0.15, 0.2) is 0 Å². The molecule has 2 heteroatoms. The van der Waals surface area contributed by atoms with Crippen molar-refractivity contribution in [2.45, 2.75) is 18.9 Å². The van der Waals surface area contributed by atoms with Crippen LogP contribution in [0.4, 0.5) is 0 Å². The Kier molecular flexibility index (Phi) is 1.66. The van der Waals surface area contributed by atoms with Crippen molar-refractivity contribution in [2.24, 2.45) is 5.92 Å². The van der Waals surface area contributed by atoms with Gasteiger partial charge >= 0.3 is 0 Å². The quantitative estimate of drug-likeness (QED) is 0.520. The minimum absolute atomic E-state index is 0.818. The van der Waals surface area contributed by atoms with E-state index in [0.29, 0.717) is 0 Å². The molecule has 0 aromatic heterocycles. The molecule has 2 aliphatic rings. The number of hydrogen-bond acceptors (Lipinski definition) is 2. The third-order valence-electron chi connectivity index (χ3n) is 2.88. The van der Waals surface area contributed by atoms with Crippen LogP contribution in [0.3, 0.4) is 0 Å². The lowest BCUT2D eigenvalue weighted by Gasteiger charge is -2.31. The van der Waals surface area contributed by atoms with Gasteiger partial charge in [0.2, 0.25) is 0 Å². The van der Waals surface area contributed by atoms with Crippen LogP contribution in [-0.2, 0) is 0 Å². The molecular weight excluding hydrogens is 124 g/mol. The summed E-state index contributed by atoms with van der Waals surface area (Å²) in [6.45, 7) is 3.83. The highest BCUT2D eigenvalue weighted by Crippen LogP contribution is 2.23. The van der Waals surface area contributed by atoms with Gasteiger partial charge in [0.05, 0.1) is 0 Å². The number of fused-ring (bicyclic) bond motifs is 1. The summed E-state index contributed by atoms with van der Waals surface area (Å²) >= 11 is 0. The second-order valence-electron chi connectivity index (χ2n) is 3.66. The fraction of sp³-hybridized carbons (Fsp3) is 1.00. The highest BCUT2D eigenvalue weighted by atomic mass is 15.1. The van der Waals surface area contributed by atoms with E-state index in [9.17, 15) is 0 Å². The van der Waals surface area contributed by atoms with Crippen molar-refractivity contribution >= 4 is 0 Å². The summed E-state index contributed by atoms with van der Waals surface area (Å²) in [5, 5.41) is 3.55. The number of likely N-dealkylation sites (N-methyl/N-ethyl adjacent to an activating group) is 1. The molecule has 2 atom stereocenters. The van der Waals surface area contributed by atoms with E-state index in [1.807, 2.05) is 0 Å². The van der Waals surface area contributed by atoms with Crippen LogP contribution < -0.4 is 5.32 Å². The molecule has 0 aromatic carbocycles. The summed E-state index contributed by atoms with van der Waals surface area (Å²) in [5.41, 5.74) is 0. The van der Waals surface area contributed by atoms with Crippen LogP contribution in [0.1, 0.15) is 12.8 Å². The van der Waals surface area contributed by atoms with Gasteiger partial charge in [0.1, 0.15) is 0 Å². The van der Waals surface area contributed by atoms with Gasteiger partial charge < -0.3 is 10.2 Å². The summed E-state index contributed by atoms with van der Waals surface area (Å²) < 4.78 is 0. The first-order valence-electron chi connectivity index (χ1n) is 4.28. The maximum Gasteiger partial charge on any atom is 0.0224 e. The molecule has 0 amide bonds. The van der Waals surface area contributed by atoms with Crippen molar-refractivity contribution in [1.29, 1.82) is 0 Å². The predicted molar refractivity (Wildman–Crippen MR) is 42.0 cm³/mol. The number of nitrogens with one attached hydrogen (secondary N) is 1. The Morgan fingerprint density at radius 2 is 2.30 bits per heavy atom. The first kappa shape index (κ1) is 6.62. The first-order valence-corrected chi connectivity index (χ1v) is 4.28. The Morgan fingerprint density at radius 3 is 3.20 bits per heavy atom. The van der Waals surface area contributed by atoms with Crippen molar-refractivity contribution in [3.8, 4) is 0 Å². The van der Waals surface area contributed by atoms with Gasteiger partial charge in [-0.3, -0.25) is 0 Å². The van der Waals surface area contributed by atoms with Crippen molar-refractivity contribution < 1.29 is 0 Å².